The van der Waals surface area contributed by atoms with Gasteiger partial charge in [0, 0.05) is 25.7 Å². The Morgan fingerprint density at radius 3 is 0.708 bits per heavy atom. The molecule has 5 atom stereocenters. The molecule has 17 nitrogen and oxygen atoms in total. The molecule has 96 heavy (non-hydrogen) atoms. The fraction of sp³-hybridized carbons (Fsp3) is 0.948. The maximum absolute atomic E-state index is 13.1. The van der Waals surface area contributed by atoms with Crippen LogP contribution in [0.15, 0.2) is 0 Å². The van der Waals surface area contributed by atoms with Crippen molar-refractivity contribution < 1.29 is 80.2 Å². The number of rotatable bonds is 75. The third-order valence-electron chi connectivity index (χ3n) is 17.9. The van der Waals surface area contributed by atoms with E-state index in [0.717, 1.165) is 108 Å². The largest absolute Gasteiger partial charge is 0.472 e. The van der Waals surface area contributed by atoms with E-state index in [0.29, 0.717) is 25.7 Å². The molecule has 0 radical (unpaired) electrons. The molecule has 570 valence electrons. The van der Waals surface area contributed by atoms with Crippen molar-refractivity contribution in [3.05, 3.63) is 0 Å². The van der Waals surface area contributed by atoms with Gasteiger partial charge in [-0.25, -0.2) is 9.13 Å². The summed E-state index contributed by atoms with van der Waals surface area (Å²) in [5, 5.41) is 10.6. The summed E-state index contributed by atoms with van der Waals surface area (Å²) in [5.74, 6) is 0.116. The first-order valence-corrected chi connectivity index (χ1v) is 42.8. The van der Waals surface area contributed by atoms with Gasteiger partial charge in [-0.3, -0.25) is 37.3 Å². The third kappa shape index (κ3) is 70.5. The first kappa shape index (κ1) is 94.1. The summed E-state index contributed by atoms with van der Waals surface area (Å²) in [7, 11) is -9.91. The van der Waals surface area contributed by atoms with E-state index in [4.69, 9.17) is 37.0 Å². The molecule has 0 aliphatic rings. The number of aliphatic hydroxyl groups is 1. The quantitative estimate of drug-likeness (QED) is 0.0222. The molecular weight excluding hydrogens is 1260 g/mol. The van der Waals surface area contributed by atoms with Crippen LogP contribution in [0.2, 0.25) is 0 Å². The minimum Gasteiger partial charge on any atom is -0.462 e. The monoisotopic (exact) mass is 1410 g/mol. The van der Waals surface area contributed by atoms with E-state index in [9.17, 15) is 43.2 Å². The summed E-state index contributed by atoms with van der Waals surface area (Å²) >= 11 is 0. The van der Waals surface area contributed by atoms with E-state index in [1.54, 1.807) is 0 Å². The number of carbonyl (C=O) groups excluding carboxylic acids is 4. The Hall–Kier alpha value is -1.94. The molecule has 0 rings (SSSR count). The van der Waals surface area contributed by atoms with Gasteiger partial charge < -0.3 is 33.8 Å². The second-order valence-corrected chi connectivity index (χ2v) is 32.1. The average molecular weight is 1410 g/mol. The van der Waals surface area contributed by atoms with Gasteiger partial charge in [0.25, 0.3) is 0 Å². The highest BCUT2D eigenvalue weighted by Crippen LogP contribution is 2.45. The minimum absolute atomic E-state index is 0.105. The van der Waals surface area contributed by atoms with E-state index >= 15 is 0 Å². The Morgan fingerprint density at radius 1 is 0.281 bits per heavy atom. The number of aliphatic hydroxyl groups excluding tert-OH is 1. The fourth-order valence-electron chi connectivity index (χ4n) is 11.8. The Balaban J connectivity index is 5.24. The zero-order chi connectivity index (χ0) is 70.9. The molecule has 19 heteroatoms. The number of unbranched alkanes of at least 4 members (excludes halogenated alkanes) is 43. The van der Waals surface area contributed by atoms with Gasteiger partial charge in [-0.05, 0) is 43.4 Å². The van der Waals surface area contributed by atoms with Crippen molar-refractivity contribution in [2.45, 2.75) is 414 Å². The van der Waals surface area contributed by atoms with Gasteiger partial charge in [0.05, 0.1) is 26.4 Å². The van der Waals surface area contributed by atoms with Crippen molar-refractivity contribution in [2.24, 2.45) is 17.8 Å². The second-order valence-electron chi connectivity index (χ2n) is 29.2. The molecule has 0 aromatic rings. The van der Waals surface area contributed by atoms with Gasteiger partial charge in [0.15, 0.2) is 12.2 Å². The number of hydrogen-bond acceptors (Lipinski definition) is 15. The molecule has 0 aliphatic carbocycles. The topological polar surface area (TPSA) is 237 Å². The van der Waals surface area contributed by atoms with Crippen LogP contribution in [0.3, 0.4) is 0 Å². The SMILES string of the molecule is CCCCCCCCCCCCCCCCCCCCCC(=O)O[C@H](COC(=O)CCCCCCCCCCCCCC(C)C)COP(=O)(O)OC[C@@H](O)COP(=O)(O)OC[C@@H](COC(=O)CCCCCCCCCCC(C)C)OC(=O)CCCCCCCCCCCC(C)C. The Labute approximate surface area is 588 Å². The van der Waals surface area contributed by atoms with E-state index in [1.165, 1.54) is 205 Å². The summed E-state index contributed by atoms with van der Waals surface area (Å²) in [6.07, 6.45) is 54.2. The van der Waals surface area contributed by atoms with Gasteiger partial charge in [0.2, 0.25) is 0 Å². The molecule has 0 amide bonds. The fourth-order valence-corrected chi connectivity index (χ4v) is 13.4. The van der Waals surface area contributed by atoms with Gasteiger partial charge in [-0.2, -0.15) is 0 Å². The lowest BCUT2D eigenvalue weighted by atomic mass is 10.0. The van der Waals surface area contributed by atoms with Crippen molar-refractivity contribution >= 4 is 39.5 Å². The molecular formula is C77H150O17P2. The van der Waals surface area contributed by atoms with Crippen LogP contribution in [-0.4, -0.2) is 96.7 Å². The Kier molecular flexibility index (Phi) is 66.2. The third-order valence-corrected chi connectivity index (χ3v) is 19.8. The normalized spacial score (nSPS) is 14.1. The zero-order valence-corrected chi connectivity index (χ0v) is 64.6. The molecule has 0 heterocycles. The predicted octanol–water partition coefficient (Wildman–Crippen LogP) is 22.6. The standard InChI is InChI=1S/C77H150O17P2/c1-8-9-10-11-12-13-14-15-16-17-18-19-20-21-24-30-39-46-53-60-76(81)93-72(64-87-74(79)58-51-44-37-29-25-22-23-27-34-41-48-55-68(2)3)66-91-95(83,84)89-62-71(78)63-90-96(85,86)92-67-73(65-88-75(80)59-52-45-38-33-32-36-43-50-57-70(6)7)94-77(82)61-54-47-40-31-26-28-35-42-49-56-69(4)5/h68-73,78H,8-67H2,1-7H3,(H,83,84)(H,85,86)/t71-,72-,73-/m1/s1. The maximum atomic E-state index is 13.1. The summed E-state index contributed by atoms with van der Waals surface area (Å²) in [6, 6.07) is 0. The van der Waals surface area contributed by atoms with Gasteiger partial charge in [-0.1, -0.05) is 344 Å². The predicted molar refractivity (Wildman–Crippen MR) is 391 cm³/mol. The molecule has 3 N–H and O–H groups in total. The molecule has 0 saturated heterocycles. The first-order valence-electron chi connectivity index (χ1n) is 39.8. The van der Waals surface area contributed by atoms with Gasteiger partial charge in [0.1, 0.15) is 19.3 Å². The van der Waals surface area contributed by atoms with E-state index in [1.807, 2.05) is 0 Å². The van der Waals surface area contributed by atoms with Crippen molar-refractivity contribution in [1.29, 1.82) is 0 Å². The number of esters is 4. The number of ether oxygens (including phenoxy) is 4. The van der Waals surface area contributed by atoms with E-state index < -0.39 is 97.5 Å². The Morgan fingerprint density at radius 2 is 0.479 bits per heavy atom. The smallest absolute Gasteiger partial charge is 0.462 e. The minimum atomic E-state index is -4.96. The molecule has 0 fully saturated rings. The summed E-state index contributed by atoms with van der Waals surface area (Å²) in [5.41, 5.74) is 0. The molecule has 0 saturated carbocycles. The highest BCUT2D eigenvalue weighted by atomic mass is 31.2. The van der Waals surface area contributed by atoms with Crippen molar-refractivity contribution in [2.75, 3.05) is 39.6 Å². The first-order chi connectivity index (χ1) is 46.2. The maximum Gasteiger partial charge on any atom is 0.472 e. The highest BCUT2D eigenvalue weighted by Gasteiger charge is 2.30. The van der Waals surface area contributed by atoms with Crippen molar-refractivity contribution in [1.82, 2.24) is 0 Å². The summed E-state index contributed by atoms with van der Waals surface area (Å²) in [6.45, 7) is 11.9. The van der Waals surface area contributed by atoms with Crippen LogP contribution in [-0.2, 0) is 65.4 Å². The number of hydrogen-bond donors (Lipinski definition) is 3. The lowest BCUT2D eigenvalue weighted by molar-refractivity contribution is -0.161. The molecule has 0 spiro atoms. The lowest BCUT2D eigenvalue weighted by Crippen LogP contribution is -2.30. The number of carbonyl (C=O) groups is 4. The Bertz CT molecular complexity index is 1870. The van der Waals surface area contributed by atoms with Gasteiger partial charge in [-0.15, -0.1) is 0 Å². The molecule has 2 unspecified atom stereocenters. The van der Waals surface area contributed by atoms with Gasteiger partial charge >= 0.3 is 39.5 Å². The molecule has 0 bridgehead atoms. The van der Waals surface area contributed by atoms with Crippen molar-refractivity contribution in [3.8, 4) is 0 Å². The van der Waals surface area contributed by atoms with Crippen LogP contribution in [0.5, 0.6) is 0 Å². The molecule has 0 aromatic carbocycles. The molecule has 0 aliphatic heterocycles. The van der Waals surface area contributed by atoms with Crippen LogP contribution in [0, 0.1) is 17.8 Å². The van der Waals surface area contributed by atoms with E-state index in [2.05, 4.69) is 48.5 Å². The van der Waals surface area contributed by atoms with Crippen LogP contribution in [0.4, 0.5) is 0 Å². The summed E-state index contributed by atoms with van der Waals surface area (Å²) < 4.78 is 68.6. The van der Waals surface area contributed by atoms with Crippen LogP contribution >= 0.6 is 15.6 Å². The number of phosphoric ester groups is 2. The molecule has 0 aromatic heterocycles. The number of phosphoric acid groups is 2. The lowest BCUT2D eigenvalue weighted by Gasteiger charge is -2.21. The van der Waals surface area contributed by atoms with Crippen LogP contribution in [0.25, 0.3) is 0 Å². The van der Waals surface area contributed by atoms with Crippen molar-refractivity contribution in [3.63, 3.8) is 0 Å². The second kappa shape index (κ2) is 67.5. The average Bonchev–Trinajstić information content (AvgIpc) is 1.72. The zero-order valence-electron chi connectivity index (χ0n) is 62.8. The van der Waals surface area contributed by atoms with Crippen LogP contribution < -0.4 is 0 Å². The highest BCUT2D eigenvalue weighted by molar-refractivity contribution is 7.47. The van der Waals surface area contributed by atoms with Crippen LogP contribution in [0.1, 0.15) is 395 Å². The summed E-state index contributed by atoms with van der Waals surface area (Å²) in [4.78, 5) is 72.8. The van der Waals surface area contributed by atoms with E-state index in [-0.39, 0.29) is 25.7 Å².